The first-order chi connectivity index (χ1) is 10.2. The molecule has 0 N–H and O–H groups in total. The fraction of sp³-hybridized carbons (Fsp3) is 0.200. The summed E-state index contributed by atoms with van der Waals surface area (Å²) in [5.74, 6) is -0.260. The molecule has 5 nitrogen and oxygen atoms in total. The van der Waals surface area contributed by atoms with E-state index < -0.39 is 0 Å². The van der Waals surface area contributed by atoms with Crippen LogP contribution in [-0.4, -0.2) is 25.5 Å². The number of carbonyl (C=O) groups is 1. The highest BCUT2D eigenvalue weighted by Gasteiger charge is 2.20. The van der Waals surface area contributed by atoms with E-state index in [1.807, 2.05) is 31.2 Å². The first-order valence-electron chi connectivity index (χ1n) is 6.68. The number of hydrogen-bond donors (Lipinski definition) is 0. The lowest BCUT2D eigenvalue weighted by Crippen LogP contribution is -2.13. The number of halogens is 1. The van der Waals surface area contributed by atoms with Gasteiger partial charge in [-0.05, 0) is 18.6 Å². The molecule has 6 heteroatoms. The number of para-hydroxylation sites is 2. The summed E-state index contributed by atoms with van der Waals surface area (Å²) in [5, 5.41) is 4.47. The summed E-state index contributed by atoms with van der Waals surface area (Å²) in [6, 6.07) is 7.42. The van der Waals surface area contributed by atoms with Crippen LogP contribution in [0.4, 0.5) is 0 Å². The fourth-order valence-electron chi connectivity index (χ4n) is 2.16. The predicted octanol–water partition coefficient (Wildman–Crippen LogP) is 3.12. The molecule has 0 aliphatic rings. The second kappa shape index (κ2) is 5.61. The lowest BCUT2D eigenvalue weighted by molar-refractivity contribution is 0.102. The van der Waals surface area contributed by atoms with Crippen molar-refractivity contribution in [2.45, 2.75) is 19.9 Å². The first kappa shape index (κ1) is 13.7. The minimum Gasteiger partial charge on any atom is -0.285 e. The highest BCUT2D eigenvalue weighted by atomic mass is 35.5. The van der Waals surface area contributed by atoms with Crippen molar-refractivity contribution in [2.24, 2.45) is 0 Å². The van der Waals surface area contributed by atoms with Crippen molar-refractivity contribution in [3.8, 4) is 0 Å². The molecule has 0 aliphatic carbocycles. The largest absolute Gasteiger partial charge is 0.285 e. The zero-order valence-corrected chi connectivity index (χ0v) is 12.2. The van der Waals surface area contributed by atoms with Crippen LogP contribution < -0.4 is 0 Å². The van der Waals surface area contributed by atoms with Gasteiger partial charge in [0.25, 0.3) is 0 Å². The average molecular weight is 301 g/mol. The Balaban J connectivity index is 2.06. The van der Waals surface area contributed by atoms with Gasteiger partial charge in [-0.25, -0.2) is 4.98 Å². The monoisotopic (exact) mass is 300 g/mol. The van der Waals surface area contributed by atoms with E-state index in [9.17, 15) is 4.79 Å². The molecule has 1 aromatic carbocycles. The molecule has 21 heavy (non-hydrogen) atoms. The summed E-state index contributed by atoms with van der Waals surface area (Å²) in [6.07, 6.45) is 3.82. The average Bonchev–Trinajstić information content (AvgIpc) is 2.87. The number of fused-ring (bicyclic) bond motifs is 1. The van der Waals surface area contributed by atoms with Crippen LogP contribution >= 0.6 is 11.6 Å². The molecule has 0 atom stereocenters. The number of ketones is 1. The minimum absolute atomic E-state index is 0.260. The van der Waals surface area contributed by atoms with Crippen LogP contribution in [0.2, 0.25) is 5.02 Å². The van der Waals surface area contributed by atoms with Gasteiger partial charge in [0.1, 0.15) is 11.4 Å². The van der Waals surface area contributed by atoms with Gasteiger partial charge in [0.2, 0.25) is 5.78 Å². The SMILES string of the molecule is CCCn1ncc(Cl)c1C(=O)c1cnc2ccccc2n1. The third-order valence-electron chi connectivity index (χ3n) is 3.13. The highest BCUT2D eigenvalue weighted by molar-refractivity contribution is 6.34. The molecule has 2 heterocycles. The van der Waals surface area contributed by atoms with Gasteiger partial charge in [-0.1, -0.05) is 30.7 Å². The summed E-state index contributed by atoms with van der Waals surface area (Å²) < 4.78 is 1.61. The van der Waals surface area contributed by atoms with Gasteiger partial charge in [-0.15, -0.1) is 0 Å². The van der Waals surface area contributed by atoms with Crippen molar-refractivity contribution in [3.05, 3.63) is 53.1 Å². The second-order valence-corrected chi connectivity index (χ2v) is 5.04. The van der Waals surface area contributed by atoms with E-state index in [1.165, 1.54) is 12.4 Å². The van der Waals surface area contributed by atoms with E-state index >= 15 is 0 Å². The molecule has 0 spiro atoms. The van der Waals surface area contributed by atoms with Crippen LogP contribution in [0.3, 0.4) is 0 Å². The van der Waals surface area contributed by atoms with Crippen molar-refractivity contribution < 1.29 is 4.79 Å². The summed E-state index contributed by atoms with van der Waals surface area (Å²) >= 11 is 6.09. The Morgan fingerprint density at radius 3 is 2.76 bits per heavy atom. The van der Waals surface area contributed by atoms with Crippen LogP contribution in [0.1, 0.15) is 29.5 Å². The lowest BCUT2D eigenvalue weighted by atomic mass is 10.2. The maximum absolute atomic E-state index is 12.6. The molecule has 3 rings (SSSR count). The Morgan fingerprint density at radius 2 is 2.00 bits per heavy atom. The Hall–Kier alpha value is -2.27. The normalized spacial score (nSPS) is 11.0. The fourth-order valence-corrected chi connectivity index (χ4v) is 2.38. The van der Waals surface area contributed by atoms with E-state index in [0.29, 0.717) is 22.8 Å². The van der Waals surface area contributed by atoms with Gasteiger partial charge < -0.3 is 0 Å². The molecule has 0 unspecified atom stereocenters. The van der Waals surface area contributed by atoms with Gasteiger partial charge in [-0.2, -0.15) is 5.10 Å². The molecular weight excluding hydrogens is 288 g/mol. The number of aryl methyl sites for hydroxylation is 1. The van der Waals surface area contributed by atoms with Gasteiger partial charge >= 0.3 is 0 Å². The number of benzene rings is 1. The lowest BCUT2D eigenvalue weighted by Gasteiger charge is -2.06. The van der Waals surface area contributed by atoms with E-state index in [4.69, 9.17) is 11.6 Å². The molecule has 0 saturated carbocycles. The standard InChI is InChI=1S/C15H13ClN4O/c1-2-7-20-14(10(16)8-18-20)15(21)13-9-17-11-5-3-4-6-12(11)19-13/h3-6,8-9H,2,7H2,1H3. The summed E-state index contributed by atoms with van der Waals surface area (Å²) in [7, 11) is 0. The third-order valence-corrected chi connectivity index (χ3v) is 3.40. The van der Waals surface area contributed by atoms with Gasteiger partial charge in [0.15, 0.2) is 0 Å². The van der Waals surface area contributed by atoms with Gasteiger partial charge in [0.05, 0.1) is 28.4 Å². The molecule has 106 valence electrons. The Morgan fingerprint density at radius 1 is 1.24 bits per heavy atom. The predicted molar refractivity (Wildman–Crippen MR) is 80.5 cm³/mol. The van der Waals surface area contributed by atoms with E-state index in [1.54, 1.807) is 4.68 Å². The van der Waals surface area contributed by atoms with Crippen LogP contribution in [0.25, 0.3) is 11.0 Å². The molecule has 3 aromatic rings. The van der Waals surface area contributed by atoms with E-state index in [0.717, 1.165) is 11.9 Å². The smallest absolute Gasteiger partial charge is 0.232 e. The number of aromatic nitrogens is 4. The number of carbonyl (C=O) groups excluding carboxylic acids is 1. The Kier molecular flexibility index (Phi) is 3.66. The van der Waals surface area contributed by atoms with Crippen LogP contribution in [0, 0.1) is 0 Å². The number of rotatable bonds is 4. The van der Waals surface area contributed by atoms with Gasteiger partial charge in [-0.3, -0.25) is 14.5 Å². The van der Waals surface area contributed by atoms with Crippen molar-refractivity contribution in [1.82, 2.24) is 19.7 Å². The summed E-state index contributed by atoms with van der Waals surface area (Å²) in [5.41, 5.74) is 2.07. The summed E-state index contributed by atoms with van der Waals surface area (Å²) in [4.78, 5) is 21.2. The number of nitrogens with zero attached hydrogens (tertiary/aromatic N) is 4. The quantitative estimate of drug-likeness (QED) is 0.695. The molecule has 0 amide bonds. The molecule has 0 bridgehead atoms. The first-order valence-corrected chi connectivity index (χ1v) is 7.06. The van der Waals surface area contributed by atoms with Gasteiger partial charge in [0, 0.05) is 6.54 Å². The molecule has 0 saturated heterocycles. The topological polar surface area (TPSA) is 60.7 Å². The Bertz CT molecular complexity index is 812. The maximum atomic E-state index is 12.6. The molecule has 0 fully saturated rings. The van der Waals surface area contributed by atoms with Crippen LogP contribution in [0.5, 0.6) is 0 Å². The van der Waals surface area contributed by atoms with Crippen molar-refractivity contribution in [3.63, 3.8) is 0 Å². The second-order valence-electron chi connectivity index (χ2n) is 4.64. The van der Waals surface area contributed by atoms with Crippen molar-refractivity contribution in [2.75, 3.05) is 0 Å². The zero-order valence-electron chi connectivity index (χ0n) is 11.5. The van der Waals surface area contributed by atoms with Crippen molar-refractivity contribution in [1.29, 1.82) is 0 Å². The minimum atomic E-state index is -0.260. The van der Waals surface area contributed by atoms with Crippen molar-refractivity contribution >= 4 is 28.4 Å². The zero-order chi connectivity index (χ0) is 14.8. The van der Waals surface area contributed by atoms with Crippen LogP contribution in [-0.2, 0) is 6.54 Å². The number of hydrogen-bond acceptors (Lipinski definition) is 4. The Labute approximate surface area is 126 Å². The summed E-state index contributed by atoms with van der Waals surface area (Å²) in [6.45, 7) is 2.65. The maximum Gasteiger partial charge on any atom is 0.232 e. The van der Waals surface area contributed by atoms with E-state index in [-0.39, 0.29) is 11.5 Å². The molecule has 2 aromatic heterocycles. The molecular formula is C15H13ClN4O. The highest BCUT2D eigenvalue weighted by Crippen LogP contribution is 2.19. The molecule has 0 radical (unpaired) electrons. The van der Waals surface area contributed by atoms with E-state index in [2.05, 4.69) is 15.1 Å². The van der Waals surface area contributed by atoms with Crippen LogP contribution in [0.15, 0.2) is 36.7 Å². The third kappa shape index (κ3) is 2.52. The molecule has 0 aliphatic heterocycles.